The molecule has 252 valence electrons. The van der Waals surface area contributed by atoms with Crippen LogP contribution in [0, 0.1) is 11.8 Å². The second-order valence-electron chi connectivity index (χ2n) is 12.8. The van der Waals surface area contributed by atoms with E-state index in [1.54, 1.807) is 0 Å². The van der Waals surface area contributed by atoms with Crippen LogP contribution in [0.15, 0.2) is 58.7 Å². The first-order valence-corrected chi connectivity index (χ1v) is 17.3. The molecule has 0 saturated heterocycles. The standard InChI is InChI=1S/C37H50N6O4/c1-26(28-18-22-32(23-19-28)38-36(46)30-12-6-3-7-13-30)40-42-34(44)16-10-5-11-17-35(45)43-41-27(2)29-20-24-33(25-21-29)39-37(47)31-14-8-4-9-15-31/h18-25,30-31H,3-17H2,1-2H3,(H,38,46)(H,39,47)(H,42,44)(H,43,45)/b40-26+,41-27+. The number of amides is 4. The minimum absolute atomic E-state index is 0.0923. The van der Waals surface area contributed by atoms with Crippen molar-refractivity contribution < 1.29 is 19.2 Å². The van der Waals surface area contributed by atoms with Crippen LogP contribution in [0.5, 0.6) is 0 Å². The van der Waals surface area contributed by atoms with Gasteiger partial charge in [0.15, 0.2) is 0 Å². The summed E-state index contributed by atoms with van der Waals surface area (Å²) < 4.78 is 0. The van der Waals surface area contributed by atoms with Crippen molar-refractivity contribution in [3.05, 3.63) is 59.7 Å². The second kappa shape index (κ2) is 18.7. The summed E-state index contributed by atoms with van der Waals surface area (Å²) in [7, 11) is 0. The van der Waals surface area contributed by atoms with Crippen LogP contribution in [0.3, 0.4) is 0 Å². The van der Waals surface area contributed by atoms with Crippen molar-refractivity contribution in [1.82, 2.24) is 10.9 Å². The van der Waals surface area contributed by atoms with Crippen LogP contribution in [-0.2, 0) is 19.2 Å². The molecule has 2 aliphatic carbocycles. The number of hydrogen-bond acceptors (Lipinski definition) is 6. The topological polar surface area (TPSA) is 141 Å². The van der Waals surface area contributed by atoms with Gasteiger partial charge in [-0.15, -0.1) is 0 Å². The van der Waals surface area contributed by atoms with E-state index in [9.17, 15) is 19.2 Å². The minimum Gasteiger partial charge on any atom is -0.326 e. The van der Waals surface area contributed by atoms with Crippen LogP contribution >= 0.6 is 0 Å². The number of benzene rings is 2. The summed E-state index contributed by atoms with van der Waals surface area (Å²) in [5, 5.41) is 14.5. The third-order valence-corrected chi connectivity index (χ3v) is 9.10. The van der Waals surface area contributed by atoms with Crippen LogP contribution in [0.2, 0.25) is 0 Å². The fourth-order valence-corrected chi connectivity index (χ4v) is 6.09. The van der Waals surface area contributed by atoms with Crippen molar-refractivity contribution in [2.45, 2.75) is 110 Å². The Kier molecular flexibility index (Phi) is 14.1. The van der Waals surface area contributed by atoms with Gasteiger partial charge in [-0.25, -0.2) is 10.9 Å². The van der Waals surface area contributed by atoms with Crippen LogP contribution in [0.4, 0.5) is 11.4 Å². The smallest absolute Gasteiger partial charge is 0.240 e. The van der Waals surface area contributed by atoms with Gasteiger partial charge in [0.2, 0.25) is 23.6 Å². The van der Waals surface area contributed by atoms with E-state index < -0.39 is 0 Å². The molecule has 2 fully saturated rings. The van der Waals surface area contributed by atoms with Gasteiger partial charge in [0.25, 0.3) is 0 Å². The highest BCUT2D eigenvalue weighted by molar-refractivity contribution is 6.01. The summed E-state index contributed by atoms with van der Waals surface area (Å²) in [6, 6.07) is 15.0. The SMILES string of the molecule is C/C(=N\NC(=O)CCCCCC(=O)N/N=C(\C)c1ccc(NC(=O)C2CCCCC2)cc1)c1ccc(NC(=O)C2CCCCC2)cc1. The molecule has 4 rings (SSSR count). The molecule has 10 nitrogen and oxygen atoms in total. The number of hydrogen-bond donors (Lipinski definition) is 4. The molecule has 4 amide bonds. The summed E-state index contributed by atoms with van der Waals surface area (Å²) >= 11 is 0. The van der Waals surface area contributed by atoms with Gasteiger partial charge in [0.05, 0.1) is 11.4 Å². The van der Waals surface area contributed by atoms with Crippen molar-refractivity contribution in [1.29, 1.82) is 0 Å². The molecule has 47 heavy (non-hydrogen) atoms. The average Bonchev–Trinajstić information content (AvgIpc) is 3.10. The Hall–Kier alpha value is -4.34. The number of carbonyl (C=O) groups is 4. The molecule has 2 aromatic carbocycles. The molecule has 4 N–H and O–H groups in total. The Bertz CT molecular complexity index is 1300. The van der Waals surface area contributed by atoms with E-state index in [1.807, 2.05) is 62.4 Å². The molecule has 2 aliphatic rings. The number of nitrogens with zero attached hydrogens (tertiary/aromatic N) is 2. The lowest BCUT2D eigenvalue weighted by Crippen LogP contribution is -2.24. The first-order chi connectivity index (χ1) is 22.8. The van der Waals surface area contributed by atoms with Crippen molar-refractivity contribution >= 4 is 46.4 Å². The first kappa shape index (κ1) is 35.5. The van der Waals surface area contributed by atoms with Crippen LogP contribution in [0.1, 0.15) is 121 Å². The summed E-state index contributed by atoms with van der Waals surface area (Å²) in [6.07, 6.45) is 13.4. The maximum atomic E-state index is 12.5. The zero-order valence-electron chi connectivity index (χ0n) is 27.9. The number of anilines is 2. The molecule has 2 aromatic rings. The largest absolute Gasteiger partial charge is 0.326 e. The molecule has 0 spiro atoms. The third-order valence-electron chi connectivity index (χ3n) is 9.10. The Balaban J connectivity index is 1.08. The van der Waals surface area contributed by atoms with Gasteiger partial charge < -0.3 is 10.6 Å². The van der Waals surface area contributed by atoms with Gasteiger partial charge in [-0.05, 0) is 87.8 Å². The van der Waals surface area contributed by atoms with Gasteiger partial charge in [-0.1, -0.05) is 69.2 Å². The molecule has 0 unspecified atom stereocenters. The zero-order chi connectivity index (χ0) is 33.4. The predicted octanol–water partition coefficient (Wildman–Crippen LogP) is 7.06. The summed E-state index contributed by atoms with van der Waals surface area (Å²) in [4.78, 5) is 49.5. The number of carbonyl (C=O) groups excluding carboxylic acids is 4. The summed E-state index contributed by atoms with van der Waals surface area (Å²) in [5.74, 6) is 0.0383. The zero-order valence-corrected chi connectivity index (χ0v) is 27.9. The van der Waals surface area contributed by atoms with E-state index in [1.165, 1.54) is 12.8 Å². The average molecular weight is 643 g/mol. The molecular weight excluding hydrogens is 592 g/mol. The van der Waals surface area contributed by atoms with Gasteiger partial charge in [0.1, 0.15) is 0 Å². The van der Waals surface area contributed by atoms with E-state index in [4.69, 9.17) is 0 Å². The lowest BCUT2D eigenvalue weighted by atomic mass is 9.88. The molecular formula is C37H50N6O4. The van der Waals surface area contributed by atoms with E-state index in [2.05, 4.69) is 31.7 Å². The number of rotatable bonds is 14. The van der Waals surface area contributed by atoms with Gasteiger partial charge in [-0.3, -0.25) is 19.2 Å². The van der Waals surface area contributed by atoms with Gasteiger partial charge in [0, 0.05) is 36.1 Å². The van der Waals surface area contributed by atoms with Crippen molar-refractivity contribution in [2.24, 2.45) is 22.0 Å². The van der Waals surface area contributed by atoms with Gasteiger partial charge in [-0.2, -0.15) is 10.2 Å². The Morgan fingerprint density at radius 3 is 1.28 bits per heavy atom. The third kappa shape index (κ3) is 12.1. The second-order valence-corrected chi connectivity index (χ2v) is 12.8. The number of nitrogens with one attached hydrogen (secondary N) is 4. The molecule has 0 aliphatic heterocycles. The van der Waals surface area contributed by atoms with E-state index in [0.717, 1.165) is 80.3 Å². The lowest BCUT2D eigenvalue weighted by Gasteiger charge is -2.20. The first-order valence-electron chi connectivity index (χ1n) is 17.3. The molecule has 0 bridgehead atoms. The quantitative estimate of drug-likeness (QED) is 0.0995. The summed E-state index contributed by atoms with van der Waals surface area (Å²) in [6.45, 7) is 3.65. The number of unbranched alkanes of at least 4 members (excludes halogenated alkanes) is 2. The Labute approximate surface area is 278 Å². The molecule has 0 atom stereocenters. The highest BCUT2D eigenvalue weighted by Gasteiger charge is 2.22. The van der Waals surface area contributed by atoms with Crippen molar-refractivity contribution in [2.75, 3.05) is 10.6 Å². The van der Waals surface area contributed by atoms with Gasteiger partial charge >= 0.3 is 0 Å². The van der Waals surface area contributed by atoms with Crippen LogP contribution in [0.25, 0.3) is 0 Å². The summed E-state index contributed by atoms with van der Waals surface area (Å²) in [5.41, 5.74) is 9.81. The monoisotopic (exact) mass is 642 g/mol. The van der Waals surface area contributed by atoms with E-state index >= 15 is 0 Å². The molecule has 10 heteroatoms. The number of hydrazone groups is 2. The fourth-order valence-electron chi connectivity index (χ4n) is 6.09. The normalized spacial score (nSPS) is 16.3. The molecule has 0 aromatic heterocycles. The van der Waals surface area contributed by atoms with Crippen molar-refractivity contribution in [3.8, 4) is 0 Å². The van der Waals surface area contributed by atoms with E-state index in [0.29, 0.717) is 37.1 Å². The van der Waals surface area contributed by atoms with Crippen LogP contribution < -0.4 is 21.5 Å². The molecule has 0 heterocycles. The molecule has 0 radical (unpaired) electrons. The Morgan fingerprint density at radius 1 is 0.553 bits per heavy atom. The van der Waals surface area contributed by atoms with E-state index in [-0.39, 0.29) is 35.5 Å². The predicted molar refractivity (Wildman–Crippen MR) is 187 cm³/mol. The van der Waals surface area contributed by atoms with Crippen LogP contribution in [-0.4, -0.2) is 35.1 Å². The maximum absolute atomic E-state index is 12.5. The fraction of sp³-hybridized carbons (Fsp3) is 0.514. The Morgan fingerprint density at radius 2 is 0.915 bits per heavy atom. The highest BCUT2D eigenvalue weighted by atomic mass is 16.2. The lowest BCUT2D eigenvalue weighted by molar-refractivity contribution is -0.122. The maximum Gasteiger partial charge on any atom is 0.240 e. The highest BCUT2D eigenvalue weighted by Crippen LogP contribution is 2.26. The molecule has 2 saturated carbocycles. The van der Waals surface area contributed by atoms with Crippen molar-refractivity contribution in [3.63, 3.8) is 0 Å². The minimum atomic E-state index is -0.176.